The quantitative estimate of drug-likeness (QED) is 0.577. The Balaban J connectivity index is 1.97. The Bertz CT molecular complexity index is 490. The van der Waals surface area contributed by atoms with Crippen molar-refractivity contribution in [2.45, 2.75) is 99.1 Å². The maximum absolute atomic E-state index is 2.80. The van der Waals surface area contributed by atoms with Crippen molar-refractivity contribution >= 4 is 0 Å². The zero-order valence-corrected chi connectivity index (χ0v) is 21.0. The smallest absolute Gasteiger partial charge is 0.0171 e. The Labute approximate surface area is 177 Å². The third kappa shape index (κ3) is 5.13. The number of likely N-dealkylation sites (N-methyl/N-ethyl adjacent to an activating group) is 1. The number of hydrogen-bond donors (Lipinski definition) is 0. The molecule has 0 aliphatic carbocycles. The summed E-state index contributed by atoms with van der Waals surface area (Å²) < 4.78 is 0. The molecular weight excluding hydrogens is 342 g/mol. The summed E-state index contributed by atoms with van der Waals surface area (Å²) in [5.74, 6) is 0.847. The van der Waals surface area contributed by atoms with Gasteiger partial charge in [0, 0.05) is 37.3 Å². The molecular formula is C25H51N3. The number of likely N-dealkylation sites (tertiary alicyclic amines) is 1. The predicted molar refractivity (Wildman–Crippen MR) is 124 cm³/mol. The van der Waals surface area contributed by atoms with Crippen LogP contribution in [-0.4, -0.2) is 72.1 Å². The number of piperidine rings is 1. The van der Waals surface area contributed by atoms with Crippen molar-refractivity contribution in [3.63, 3.8) is 0 Å². The summed E-state index contributed by atoms with van der Waals surface area (Å²) in [6.45, 7) is 29.7. The first-order valence-corrected chi connectivity index (χ1v) is 11.9. The van der Waals surface area contributed by atoms with Crippen LogP contribution in [0.3, 0.4) is 0 Å². The lowest BCUT2D eigenvalue weighted by molar-refractivity contribution is -0.0373. The fraction of sp³-hybridized carbons (Fsp3) is 1.00. The van der Waals surface area contributed by atoms with Crippen LogP contribution in [0, 0.1) is 16.7 Å². The molecule has 0 unspecified atom stereocenters. The lowest BCUT2D eigenvalue weighted by atomic mass is 9.58. The molecule has 3 heteroatoms. The van der Waals surface area contributed by atoms with Crippen LogP contribution in [0.15, 0.2) is 0 Å². The second-order valence-corrected chi connectivity index (χ2v) is 12.3. The standard InChI is InChI=1S/C25H51N3/c1-11-22(2,3)25(8,9)21-12-14-27(15-13-21)23(4,5)20-24(6,7)28-18-16-26(10)17-19-28/h21H,11-20H2,1-10H3. The zero-order valence-electron chi connectivity index (χ0n) is 21.0. The van der Waals surface area contributed by atoms with E-state index >= 15 is 0 Å². The van der Waals surface area contributed by atoms with E-state index in [0.717, 1.165) is 5.92 Å². The van der Waals surface area contributed by atoms with Crippen LogP contribution in [0.25, 0.3) is 0 Å². The van der Waals surface area contributed by atoms with E-state index in [9.17, 15) is 0 Å². The van der Waals surface area contributed by atoms with E-state index in [1.54, 1.807) is 0 Å². The summed E-state index contributed by atoms with van der Waals surface area (Å²) in [4.78, 5) is 7.99. The van der Waals surface area contributed by atoms with E-state index < -0.39 is 0 Å². The molecule has 2 saturated heterocycles. The largest absolute Gasteiger partial charge is 0.304 e. The highest BCUT2D eigenvalue weighted by molar-refractivity contribution is 4.98. The van der Waals surface area contributed by atoms with Gasteiger partial charge >= 0.3 is 0 Å². The Morgan fingerprint density at radius 3 is 1.54 bits per heavy atom. The molecule has 0 N–H and O–H groups in total. The Morgan fingerprint density at radius 2 is 1.11 bits per heavy atom. The van der Waals surface area contributed by atoms with Gasteiger partial charge < -0.3 is 4.90 Å². The second-order valence-electron chi connectivity index (χ2n) is 12.3. The van der Waals surface area contributed by atoms with E-state index in [0.29, 0.717) is 10.8 Å². The minimum absolute atomic E-state index is 0.266. The van der Waals surface area contributed by atoms with Crippen molar-refractivity contribution in [1.82, 2.24) is 14.7 Å². The normalized spacial score (nSPS) is 23.4. The molecule has 0 aromatic heterocycles. The summed E-state index contributed by atoms with van der Waals surface area (Å²) in [6, 6.07) is 0. The minimum Gasteiger partial charge on any atom is -0.304 e. The van der Waals surface area contributed by atoms with Gasteiger partial charge in [-0.05, 0) is 83.8 Å². The Hall–Kier alpha value is -0.120. The van der Waals surface area contributed by atoms with Crippen molar-refractivity contribution in [2.75, 3.05) is 46.3 Å². The second kappa shape index (κ2) is 8.55. The molecule has 0 spiro atoms. The van der Waals surface area contributed by atoms with E-state index in [2.05, 4.69) is 84.1 Å². The number of rotatable bonds is 7. The molecule has 28 heavy (non-hydrogen) atoms. The molecule has 0 saturated carbocycles. The maximum atomic E-state index is 2.80. The SMILES string of the molecule is CCC(C)(C)C(C)(C)C1CCN(C(C)(C)CC(C)(C)N2CCN(C)CC2)CC1. The minimum atomic E-state index is 0.266. The lowest BCUT2D eigenvalue weighted by Gasteiger charge is -2.53. The molecule has 2 aliphatic heterocycles. The van der Waals surface area contributed by atoms with E-state index in [-0.39, 0.29) is 11.1 Å². The molecule has 2 fully saturated rings. The summed E-state index contributed by atoms with van der Waals surface area (Å²) >= 11 is 0. The van der Waals surface area contributed by atoms with E-state index in [1.807, 2.05) is 0 Å². The number of hydrogen-bond acceptors (Lipinski definition) is 3. The maximum Gasteiger partial charge on any atom is 0.0171 e. The van der Waals surface area contributed by atoms with Crippen LogP contribution >= 0.6 is 0 Å². The monoisotopic (exact) mass is 393 g/mol. The third-order valence-corrected chi connectivity index (χ3v) is 9.22. The lowest BCUT2D eigenvalue weighted by Crippen LogP contribution is -2.59. The van der Waals surface area contributed by atoms with E-state index in [4.69, 9.17) is 0 Å². The average Bonchev–Trinajstić information content (AvgIpc) is 2.61. The highest BCUT2D eigenvalue weighted by atomic mass is 15.3. The van der Waals surface area contributed by atoms with Gasteiger partial charge in [-0.25, -0.2) is 0 Å². The van der Waals surface area contributed by atoms with Gasteiger partial charge in [-0.2, -0.15) is 0 Å². The van der Waals surface area contributed by atoms with Crippen LogP contribution in [0.1, 0.15) is 88.0 Å². The Morgan fingerprint density at radius 1 is 0.679 bits per heavy atom. The molecule has 0 bridgehead atoms. The summed E-state index contributed by atoms with van der Waals surface area (Å²) in [5.41, 5.74) is 1.36. The van der Waals surface area contributed by atoms with Crippen LogP contribution in [0.5, 0.6) is 0 Å². The predicted octanol–water partition coefficient (Wildman–Crippen LogP) is 5.36. The topological polar surface area (TPSA) is 9.72 Å². The van der Waals surface area contributed by atoms with Gasteiger partial charge in [-0.1, -0.05) is 41.0 Å². The van der Waals surface area contributed by atoms with E-state index in [1.165, 1.54) is 65.0 Å². The van der Waals surface area contributed by atoms with Crippen molar-refractivity contribution in [1.29, 1.82) is 0 Å². The fourth-order valence-electron chi connectivity index (χ4n) is 5.91. The third-order valence-electron chi connectivity index (χ3n) is 9.22. The fourth-order valence-corrected chi connectivity index (χ4v) is 5.91. The van der Waals surface area contributed by atoms with Crippen molar-refractivity contribution in [3.05, 3.63) is 0 Å². The summed E-state index contributed by atoms with van der Waals surface area (Å²) in [5, 5.41) is 0. The molecule has 0 aromatic rings. The number of nitrogens with zero attached hydrogens (tertiary/aromatic N) is 3. The first-order valence-electron chi connectivity index (χ1n) is 11.9. The zero-order chi connectivity index (χ0) is 21.4. The average molecular weight is 394 g/mol. The van der Waals surface area contributed by atoms with Crippen LogP contribution < -0.4 is 0 Å². The molecule has 0 atom stereocenters. The van der Waals surface area contributed by atoms with Gasteiger partial charge in [-0.15, -0.1) is 0 Å². The van der Waals surface area contributed by atoms with Crippen molar-refractivity contribution in [3.8, 4) is 0 Å². The molecule has 2 rings (SSSR count). The van der Waals surface area contributed by atoms with Crippen LogP contribution in [0.2, 0.25) is 0 Å². The van der Waals surface area contributed by atoms with Gasteiger partial charge in [-0.3, -0.25) is 9.80 Å². The molecule has 2 heterocycles. The van der Waals surface area contributed by atoms with Gasteiger partial charge in [0.05, 0.1) is 0 Å². The molecule has 0 amide bonds. The summed E-state index contributed by atoms with van der Waals surface area (Å²) in [6.07, 6.45) is 5.23. The van der Waals surface area contributed by atoms with Crippen LogP contribution in [0.4, 0.5) is 0 Å². The summed E-state index contributed by atoms with van der Waals surface area (Å²) in [7, 11) is 2.25. The van der Waals surface area contributed by atoms with Gasteiger partial charge in [0.1, 0.15) is 0 Å². The van der Waals surface area contributed by atoms with Crippen molar-refractivity contribution in [2.24, 2.45) is 16.7 Å². The van der Waals surface area contributed by atoms with Crippen molar-refractivity contribution < 1.29 is 0 Å². The van der Waals surface area contributed by atoms with Crippen LogP contribution in [-0.2, 0) is 0 Å². The first-order chi connectivity index (χ1) is 12.7. The molecule has 3 nitrogen and oxygen atoms in total. The molecule has 166 valence electrons. The molecule has 0 radical (unpaired) electrons. The van der Waals surface area contributed by atoms with Gasteiger partial charge in [0.2, 0.25) is 0 Å². The van der Waals surface area contributed by atoms with Gasteiger partial charge in [0.15, 0.2) is 0 Å². The Kier molecular flexibility index (Phi) is 7.38. The highest BCUT2D eigenvalue weighted by Crippen LogP contribution is 2.50. The molecule has 0 aromatic carbocycles. The molecule has 2 aliphatic rings. The number of piperazine rings is 1. The first kappa shape index (κ1) is 24.2. The van der Waals surface area contributed by atoms with Gasteiger partial charge in [0.25, 0.3) is 0 Å². The highest BCUT2D eigenvalue weighted by Gasteiger charge is 2.45.